The van der Waals surface area contributed by atoms with E-state index in [2.05, 4.69) is 4.98 Å². The molecule has 0 N–H and O–H groups in total. The minimum Gasteiger partial charge on any atom is -0.292 e. The number of hydrogen-bond donors (Lipinski definition) is 0. The third kappa shape index (κ3) is 2.17. The van der Waals surface area contributed by atoms with E-state index in [-0.39, 0.29) is 16.9 Å². The summed E-state index contributed by atoms with van der Waals surface area (Å²) >= 11 is 5.84. The molecule has 2 nitrogen and oxygen atoms in total. The van der Waals surface area contributed by atoms with E-state index in [0.717, 1.165) is 6.07 Å². The molecule has 0 aliphatic heterocycles. The molecule has 0 radical (unpaired) electrons. The Balaban J connectivity index is 2.45. The maximum absolute atomic E-state index is 14.2. The van der Waals surface area contributed by atoms with Crippen LogP contribution in [0.4, 0.5) is 13.2 Å². The monoisotopic (exact) mass is 310 g/mol. The molecule has 2 aromatic carbocycles. The number of rotatable bonds is 2. The van der Waals surface area contributed by atoms with Crippen LogP contribution in [0.1, 0.15) is 11.4 Å². The molecule has 0 unspecified atom stereocenters. The summed E-state index contributed by atoms with van der Waals surface area (Å²) in [6, 6.07) is 6.48. The number of benzene rings is 2. The molecule has 3 rings (SSSR count). The Hall–Kier alpha value is -2.01. The molecule has 0 aliphatic rings. The van der Waals surface area contributed by atoms with E-state index in [1.165, 1.54) is 22.8 Å². The summed E-state index contributed by atoms with van der Waals surface area (Å²) in [6.07, 6.45) is 0. The number of aromatic nitrogens is 2. The van der Waals surface area contributed by atoms with Crippen LogP contribution in [-0.4, -0.2) is 9.55 Å². The quantitative estimate of drug-likeness (QED) is 0.638. The fourth-order valence-electron chi connectivity index (χ4n) is 2.32. The van der Waals surface area contributed by atoms with Crippen molar-refractivity contribution in [2.75, 3.05) is 0 Å². The van der Waals surface area contributed by atoms with Gasteiger partial charge >= 0.3 is 0 Å². The van der Waals surface area contributed by atoms with Gasteiger partial charge in [0.2, 0.25) is 0 Å². The molecule has 0 bridgehead atoms. The highest BCUT2D eigenvalue weighted by Gasteiger charge is 2.19. The average molecular weight is 311 g/mol. The van der Waals surface area contributed by atoms with Gasteiger partial charge in [-0.25, -0.2) is 18.2 Å². The Morgan fingerprint density at radius 3 is 2.62 bits per heavy atom. The number of nitrogens with zero attached hydrogens (tertiary/aromatic N) is 2. The zero-order valence-electron chi connectivity index (χ0n) is 11.0. The van der Waals surface area contributed by atoms with Crippen LogP contribution >= 0.6 is 11.6 Å². The first-order chi connectivity index (χ1) is 10.0. The van der Waals surface area contributed by atoms with Gasteiger partial charge in [-0.3, -0.25) is 4.57 Å². The van der Waals surface area contributed by atoms with E-state index in [9.17, 15) is 13.2 Å². The van der Waals surface area contributed by atoms with Gasteiger partial charge in [-0.2, -0.15) is 0 Å². The predicted molar refractivity (Wildman–Crippen MR) is 75.2 cm³/mol. The van der Waals surface area contributed by atoms with Gasteiger partial charge < -0.3 is 0 Å². The van der Waals surface area contributed by atoms with Crippen molar-refractivity contribution in [3.63, 3.8) is 0 Å². The second kappa shape index (κ2) is 5.07. The van der Waals surface area contributed by atoms with Crippen molar-refractivity contribution in [1.82, 2.24) is 9.55 Å². The van der Waals surface area contributed by atoms with E-state index in [1.54, 1.807) is 13.0 Å². The maximum Gasteiger partial charge on any atom is 0.185 e. The normalized spacial score (nSPS) is 11.3. The first kappa shape index (κ1) is 13.9. The molecule has 0 amide bonds. The Bertz CT molecular complexity index is 843. The van der Waals surface area contributed by atoms with Gasteiger partial charge in [0.15, 0.2) is 11.6 Å². The number of fused-ring (bicyclic) bond motifs is 1. The van der Waals surface area contributed by atoms with Crippen LogP contribution < -0.4 is 0 Å². The molecule has 1 heterocycles. The average Bonchev–Trinajstić information content (AvgIpc) is 2.84. The lowest BCUT2D eigenvalue weighted by Crippen LogP contribution is -2.04. The molecule has 0 saturated heterocycles. The summed E-state index contributed by atoms with van der Waals surface area (Å²) in [5, 5.41) is 0. The lowest BCUT2D eigenvalue weighted by molar-refractivity contribution is 0.514. The Morgan fingerprint density at radius 2 is 1.90 bits per heavy atom. The number of imidazole rings is 1. The maximum atomic E-state index is 14.2. The van der Waals surface area contributed by atoms with Gasteiger partial charge in [0.25, 0.3) is 0 Å². The van der Waals surface area contributed by atoms with Gasteiger partial charge in [-0.1, -0.05) is 6.07 Å². The molecule has 0 saturated carbocycles. The third-order valence-electron chi connectivity index (χ3n) is 3.31. The largest absolute Gasteiger partial charge is 0.292 e. The van der Waals surface area contributed by atoms with Crippen LogP contribution in [-0.2, 0) is 5.88 Å². The highest BCUT2D eigenvalue weighted by Crippen LogP contribution is 2.28. The first-order valence-corrected chi connectivity index (χ1v) is 6.74. The van der Waals surface area contributed by atoms with Gasteiger partial charge in [0.1, 0.15) is 17.2 Å². The number of aryl methyl sites for hydroxylation is 1. The minimum absolute atomic E-state index is 0.00824. The van der Waals surface area contributed by atoms with Crippen molar-refractivity contribution in [2.45, 2.75) is 12.8 Å². The Kier molecular flexibility index (Phi) is 3.37. The molecule has 3 aromatic rings. The smallest absolute Gasteiger partial charge is 0.185 e. The van der Waals surface area contributed by atoms with Crippen molar-refractivity contribution >= 4 is 22.6 Å². The summed E-state index contributed by atoms with van der Waals surface area (Å²) in [5.41, 5.74) is 1.32. The van der Waals surface area contributed by atoms with Gasteiger partial charge in [0.05, 0.1) is 17.1 Å². The predicted octanol–water partition coefficient (Wildman–Crippen LogP) is 4.49. The highest BCUT2D eigenvalue weighted by atomic mass is 35.5. The number of alkyl halides is 1. The van der Waals surface area contributed by atoms with Crippen LogP contribution in [0.25, 0.3) is 16.7 Å². The molecule has 0 atom stereocenters. The highest BCUT2D eigenvalue weighted by molar-refractivity contribution is 6.17. The Labute approximate surface area is 123 Å². The topological polar surface area (TPSA) is 17.8 Å². The fraction of sp³-hybridized carbons (Fsp3) is 0.133. The van der Waals surface area contributed by atoms with E-state index < -0.39 is 17.5 Å². The van der Waals surface area contributed by atoms with Crippen LogP contribution in [0.15, 0.2) is 30.3 Å². The summed E-state index contributed by atoms with van der Waals surface area (Å²) in [5.74, 6) is -2.18. The zero-order valence-corrected chi connectivity index (χ0v) is 11.8. The molecular weight excluding hydrogens is 301 g/mol. The lowest BCUT2D eigenvalue weighted by Gasteiger charge is -2.11. The number of hydrogen-bond acceptors (Lipinski definition) is 1. The molecule has 0 spiro atoms. The summed E-state index contributed by atoms with van der Waals surface area (Å²) in [6.45, 7) is 1.75. The second-order valence-corrected chi connectivity index (χ2v) is 4.92. The van der Waals surface area contributed by atoms with Gasteiger partial charge in [-0.05, 0) is 36.8 Å². The minimum atomic E-state index is -1.03. The molecule has 21 heavy (non-hydrogen) atoms. The molecule has 0 aliphatic carbocycles. The van der Waals surface area contributed by atoms with Crippen molar-refractivity contribution < 1.29 is 13.2 Å². The van der Waals surface area contributed by atoms with Gasteiger partial charge in [-0.15, -0.1) is 11.6 Å². The molecule has 0 fully saturated rings. The first-order valence-electron chi connectivity index (χ1n) is 6.20. The van der Waals surface area contributed by atoms with Crippen LogP contribution in [0.3, 0.4) is 0 Å². The van der Waals surface area contributed by atoms with Crippen molar-refractivity contribution in [3.05, 3.63) is 59.2 Å². The van der Waals surface area contributed by atoms with E-state index in [1.807, 2.05) is 0 Å². The molecular formula is C15H10ClF3N2. The Morgan fingerprint density at radius 1 is 1.14 bits per heavy atom. The zero-order chi connectivity index (χ0) is 15.1. The molecule has 108 valence electrons. The third-order valence-corrected chi connectivity index (χ3v) is 3.55. The second-order valence-electron chi connectivity index (χ2n) is 4.66. The summed E-state index contributed by atoms with van der Waals surface area (Å²) in [4.78, 5) is 4.18. The molecule has 1 aromatic heterocycles. The fourth-order valence-corrected chi connectivity index (χ4v) is 2.50. The van der Waals surface area contributed by atoms with E-state index >= 15 is 0 Å². The molecule has 6 heteroatoms. The van der Waals surface area contributed by atoms with Crippen molar-refractivity contribution in [1.29, 1.82) is 0 Å². The van der Waals surface area contributed by atoms with Gasteiger partial charge in [0, 0.05) is 0 Å². The van der Waals surface area contributed by atoms with E-state index in [4.69, 9.17) is 11.6 Å². The van der Waals surface area contributed by atoms with Crippen LogP contribution in [0.5, 0.6) is 0 Å². The number of halogens is 4. The lowest BCUT2D eigenvalue weighted by atomic mass is 10.2. The van der Waals surface area contributed by atoms with Crippen LogP contribution in [0.2, 0.25) is 0 Å². The van der Waals surface area contributed by atoms with E-state index in [0.29, 0.717) is 17.1 Å². The van der Waals surface area contributed by atoms with Crippen LogP contribution in [0, 0.1) is 24.4 Å². The van der Waals surface area contributed by atoms with Crippen molar-refractivity contribution in [2.24, 2.45) is 0 Å². The standard InChI is InChI=1S/C15H10ClF3N2/c1-8-2-3-9(17)6-12(8)21-13(7-16)20-11-5-4-10(18)14(19)15(11)21/h2-6H,7H2,1H3. The summed E-state index contributed by atoms with van der Waals surface area (Å²) in [7, 11) is 0. The van der Waals surface area contributed by atoms with Crippen molar-refractivity contribution in [3.8, 4) is 5.69 Å². The summed E-state index contributed by atoms with van der Waals surface area (Å²) < 4.78 is 42.5. The SMILES string of the molecule is Cc1ccc(F)cc1-n1c(CCl)nc2ccc(F)c(F)c21.